The van der Waals surface area contributed by atoms with Crippen LogP contribution in [0.15, 0.2) is 24.3 Å². The second-order valence-electron chi connectivity index (χ2n) is 3.33. The molecule has 15 heavy (non-hydrogen) atoms. The summed E-state index contributed by atoms with van der Waals surface area (Å²) in [7, 11) is 0.139. The van der Waals surface area contributed by atoms with Gasteiger partial charge in [0, 0.05) is 7.11 Å². The number of ether oxygens (including phenoxy) is 2. The van der Waals surface area contributed by atoms with E-state index in [4.69, 9.17) is 19.5 Å². The molecular formula is C10H15BO4. The summed E-state index contributed by atoms with van der Waals surface area (Å²) < 4.78 is 10.4. The molecule has 82 valence electrons. The largest absolute Gasteiger partial charge is 0.488 e. The van der Waals surface area contributed by atoms with Crippen LogP contribution >= 0.6 is 0 Å². The van der Waals surface area contributed by atoms with Crippen molar-refractivity contribution in [3.63, 3.8) is 0 Å². The molecule has 0 radical (unpaired) electrons. The van der Waals surface area contributed by atoms with Crippen LogP contribution < -0.4 is 10.2 Å². The van der Waals surface area contributed by atoms with Gasteiger partial charge in [-0.05, 0) is 24.5 Å². The van der Waals surface area contributed by atoms with Gasteiger partial charge in [0.2, 0.25) is 0 Å². The van der Waals surface area contributed by atoms with E-state index in [2.05, 4.69) is 0 Å². The fourth-order valence-corrected chi connectivity index (χ4v) is 1.25. The second-order valence-corrected chi connectivity index (χ2v) is 3.33. The highest BCUT2D eigenvalue weighted by atomic mass is 16.5. The number of hydrogen-bond acceptors (Lipinski definition) is 4. The lowest BCUT2D eigenvalue weighted by Gasteiger charge is -2.14. The molecular weight excluding hydrogens is 195 g/mol. The van der Waals surface area contributed by atoms with E-state index in [0.29, 0.717) is 17.8 Å². The van der Waals surface area contributed by atoms with Crippen molar-refractivity contribution >= 4 is 12.6 Å². The molecule has 0 aliphatic heterocycles. The fraction of sp³-hybridized carbons (Fsp3) is 0.400. The predicted octanol–water partition coefficient (Wildman–Crippen LogP) is -0.220. The van der Waals surface area contributed by atoms with Crippen LogP contribution in [0.5, 0.6) is 5.75 Å². The first-order chi connectivity index (χ1) is 7.13. The summed E-state index contributed by atoms with van der Waals surface area (Å²) in [5.74, 6) is 0.602. The summed E-state index contributed by atoms with van der Waals surface area (Å²) in [5.41, 5.74) is 0.414. The molecule has 1 aromatic carbocycles. The van der Waals surface area contributed by atoms with Crippen LogP contribution in [0, 0.1) is 0 Å². The molecule has 0 aliphatic rings. The van der Waals surface area contributed by atoms with Crippen molar-refractivity contribution in [2.75, 3.05) is 13.7 Å². The van der Waals surface area contributed by atoms with Crippen LogP contribution in [0.1, 0.15) is 6.92 Å². The Labute approximate surface area is 89.6 Å². The third kappa shape index (κ3) is 3.91. The van der Waals surface area contributed by atoms with Gasteiger partial charge in [0.25, 0.3) is 0 Å². The molecule has 0 bridgehead atoms. The Balaban J connectivity index is 2.65. The van der Waals surface area contributed by atoms with Crippen LogP contribution in [0.25, 0.3) is 0 Å². The van der Waals surface area contributed by atoms with Crippen molar-refractivity contribution in [3.8, 4) is 5.75 Å². The molecule has 1 rings (SSSR count). The van der Waals surface area contributed by atoms with Gasteiger partial charge in [0.1, 0.15) is 11.9 Å². The minimum absolute atomic E-state index is 0.0684. The third-order valence-electron chi connectivity index (χ3n) is 1.89. The van der Waals surface area contributed by atoms with Gasteiger partial charge in [-0.15, -0.1) is 0 Å². The summed E-state index contributed by atoms with van der Waals surface area (Å²) in [4.78, 5) is 0. The summed E-state index contributed by atoms with van der Waals surface area (Å²) >= 11 is 0. The fourth-order valence-electron chi connectivity index (χ4n) is 1.25. The highest BCUT2D eigenvalue weighted by Gasteiger charge is 2.12. The molecule has 5 heteroatoms. The number of methoxy groups -OCH3 is 1. The van der Waals surface area contributed by atoms with Crippen LogP contribution in [0.4, 0.5) is 0 Å². The van der Waals surface area contributed by atoms with Crippen LogP contribution in [-0.4, -0.2) is 37.0 Å². The zero-order valence-electron chi connectivity index (χ0n) is 8.88. The predicted molar refractivity (Wildman–Crippen MR) is 58.2 cm³/mol. The Morgan fingerprint density at radius 1 is 1.40 bits per heavy atom. The SMILES string of the molecule is COCC(C)Oc1cccc(B(O)O)c1. The van der Waals surface area contributed by atoms with E-state index in [1.807, 2.05) is 6.92 Å². The maximum absolute atomic E-state index is 8.96. The second kappa shape index (κ2) is 5.75. The zero-order valence-corrected chi connectivity index (χ0v) is 8.88. The van der Waals surface area contributed by atoms with Crippen LogP contribution in [-0.2, 0) is 4.74 Å². The first kappa shape index (κ1) is 12.0. The van der Waals surface area contributed by atoms with Gasteiger partial charge in [0.15, 0.2) is 0 Å². The van der Waals surface area contributed by atoms with Crippen molar-refractivity contribution < 1.29 is 19.5 Å². The molecule has 4 nitrogen and oxygen atoms in total. The quantitative estimate of drug-likeness (QED) is 0.659. The average molecular weight is 210 g/mol. The maximum Gasteiger partial charge on any atom is 0.488 e. The minimum Gasteiger partial charge on any atom is -0.488 e. The molecule has 1 unspecified atom stereocenters. The van der Waals surface area contributed by atoms with Gasteiger partial charge < -0.3 is 19.5 Å². The Bertz CT molecular complexity index is 303. The number of benzene rings is 1. The molecule has 0 aliphatic carbocycles. The maximum atomic E-state index is 8.96. The Morgan fingerprint density at radius 2 is 2.13 bits per heavy atom. The topological polar surface area (TPSA) is 58.9 Å². The van der Waals surface area contributed by atoms with Gasteiger partial charge in [-0.2, -0.15) is 0 Å². The van der Waals surface area contributed by atoms with Crippen molar-refractivity contribution in [3.05, 3.63) is 24.3 Å². The zero-order chi connectivity index (χ0) is 11.3. The van der Waals surface area contributed by atoms with E-state index < -0.39 is 7.12 Å². The number of hydrogen-bond donors (Lipinski definition) is 2. The highest BCUT2D eigenvalue weighted by molar-refractivity contribution is 6.58. The van der Waals surface area contributed by atoms with Gasteiger partial charge in [-0.1, -0.05) is 12.1 Å². The monoisotopic (exact) mass is 210 g/mol. The lowest BCUT2D eigenvalue weighted by atomic mass is 9.80. The lowest BCUT2D eigenvalue weighted by molar-refractivity contribution is 0.0921. The number of rotatable bonds is 5. The van der Waals surface area contributed by atoms with Crippen molar-refractivity contribution in [1.82, 2.24) is 0 Å². The molecule has 0 spiro atoms. The Hall–Kier alpha value is -1.04. The molecule has 2 N–H and O–H groups in total. The van der Waals surface area contributed by atoms with Crippen molar-refractivity contribution in [1.29, 1.82) is 0 Å². The van der Waals surface area contributed by atoms with Crippen LogP contribution in [0.2, 0.25) is 0 Å². The molecule has 0 heterocycles. The van der Waals surface area contributed by atoms with Gasteiger partial charge in [0.05, 0.1) is 6.61 Å². The van der Waals surface area contributed by atoms with Gasteiger partial charge in [-0.25, -0.2) is 0 Å². The summed E-state index contributed by atoms with van der Waals surface area (Å²) in [5, 5.41) is 17.9. The van der Waals surface area contributed by atoms with Crippen LogP contribution in [0.3, 0.4) is 0 Å². The smallest absolute Gasteiger partial charge is 0.488 e. The lowest BCUT2D eigenvalue weighted by Crippen LogP contribution is -2.30. The first-order valence-electron chi connectivity index (χ1n) is 4.75. The average Bonchev–Trinajstić information content (AvgIpc) is 2.18. The minimum atomic E-state index is -1.47. The van der Waals surface area contributed by atoms with E-state index in [-0.39, 0.29) is 6.10 Å². The van der Waals surface area contributed by atoms with E-state index in [9.17, 15) is 0 Å². The summed E-state index contributed by atoms with van der Waals surface area (Å²) in [6.45, 7) is 2.37. The van der Waals surface area contributed by atoms with E-state index >= 15 is 0 Å². The Kier molecular flexibility index (Phi) is 4.61. The molecule has 1 aromatic rings. The summed E-state index contributed by atoms with van der Waals surface area (Å²) in [6.07, 6.45) is -0.0684. The first-order valence-corrected chi connectivity index (χ1v) is 4.75. The Morgan fingerprint density at radius 3 is 2.73 bits per heavy atom. The van der Waals surface area contributed by atoms with Crippen molar-refractivity contribution in [2.45, 2.75) is 13.0 Å². The van der Waals surface area contributed by atoms with Gasteiger partial charge in [-0.3, -0.25) is 0 Å². The van der Waals surface area contributed by atoms with Gasteiger partial charge >= 0.3 is 7.12 Å². The normalized spacial score (nSPS) is 12.3. The van der Waals surface area contributed by atoms with E-state index in [1.165, 1.54) is 0 Å². The highest BCUT2D eigenvalue weighted by Crippen LogP contribution is 2.10. The molecule has 0 saturated heterocycles. The molecule has 0 aromatic heterocycles. The standard InChI is InChI=1S/C10H15BO4/c1-8(7-14-2)15-10-5-3-4-9(6-10)11(12)13/h3-6,8,12-13H,7H2,1-2H3. The molecule has 0 saturated carbocycles. The summed E-state index contributed by atoms with van der Waals surface area (Å²) in [6, 6.07) is 6.69. The third-order valence-corrected chi connectivity index (χ3v) is 1.89. The molecule has 0 fully saturated rings. The van der Waals surface area contributed by atoms with E-state index in [1.54, 1.807) is 31.4 Å². The molecule has 0 amide bonds. The molecule has 1 atom stereocenters. The van der Waals surface area contributed by atoms with E-state index in [0.717, 1.165) is 0 Å². The van der Waals surface area contributed by atoms with Crippen molar-refractivity contribution in [2.24, 2.45) is 0 Å².